The van der Waals surface area contributed by atoms with Crippen molar-refractivity contribution in [1.29, 1.82) is 0 Å². The fourth-order valence-corrected chi connectivity index (χ4v) is 3.89. The number of hydrogen-bond donors (Lipinski definition) is 1. The van der Waals surface area contributed by atoms with Crippen molar-refractivity contribution in [3.8, 4) is 0 Å². The van der Waals surface area contributed by atoms with Crippen LogP contribution >= 0.6 is 11.6 Å². The van der Waals surface area contributed by atoms with Crippen molar-refractivity contribution in [2.45, 2.75) is 0 Å². The highest BCUT2D eigenvalue weighted by Crippen LogP contribution is 2.24. The lowest BCUT2D eigenvalue weighted by Gasteiger charge is -2.34. The van der Waals surface area contributed by atoms with Gasteiger partial charge in [0.25, 0.3) is 0 Å². The van der Waals surface area contributed by atoms with E-state index in [1.807, 2.05) is 52.3 Å². The molecule has 3 heterocycles. The van der Waals surface area contributed by atoms with Crippen LogP contribution in [0.4, 0.5) is 5.82 Å². The van der Waals surface area contributed by atoms with E-state index in [9.17, 15) is 4.79 Å². The Kier molecular flexibility index (Phi) is 5.62. The number of piperazine rings is 1. The van der Waals surface area contributed by atoms with Crippen LogP contribution in [0, 0.1) is 0 Å². The van der Waals surface area contributed by atoms with Crippen LogP contribution in [-0.2, 0) is 9.53 Å². The summed E-state index contributed by atoms with van der Waals surface area (Å²) in [5.74, 6) is 0.623. The minimum absolute atomic E-state index is 0.281. The molecule has 1 saturated heterocycles. The van der Waals surface area contributed by atoms with Gasteiger partial charge in [0.2, 0.25) is 5.90 Å². The van der Waals surface area contributed by atoms with E-state index in [0.29, 0.717) is 49.0 Å². The van der Waals surface area contributed by atoms with Crippen LogP contribution in [0.25, 0.3) is 10.8 Å². The van der Waals surface area contributed by atoms with Crippen molar-refractivity contribution >= 4 is 46.0 Å². The molecule has 0 amide bonds. The van der Waals surface area contributed by atoms with Gasteiger partial charge in [0, 0.05) is 44.0 Å². The van der Waals surface area contributed by atoms with E-state index in [2.05, 4.69) is 20.0 Å². The van der Waals surface area contributed by atoms with Gasteiger partial charge in [-0.05, 0) is 16.8 Å². The molecule has 9 nitrogen and oxygen atoms in total. The number of guanidine groups is 1. The fourth-order valence-electron chi connectivity index (χ4n) is 3.75. The zero-order valence-electron chi connectivity index (χ0n) is 17.6. The molecule has 0 atom stereocenters. The molecule has 0 aliphatic carbocycles. The Morgan fingerprint density at radius 3 is 2.70 bits per heavy atom. The van der Waals surface area contributed by atoms with Crippen LogP contribution in [0.1, 0.15) is 5.56 Å². The highest BCUT2D eigenvalue weighted by molar-refractivity contribution is 6.29. The standard InChI is InChI=1S/C23H20ClN7O2/c24-19-12-20(27-14-26-19)29-23(25)31-10-8-30(9-11-31)13-18-22(32)33-21(28-18)17-7-3-5-15-4-1-2-6-16(15)17/h1-7,12-14H,8-11H2,(H2,25,26,27,29). The van der Waals surface area contributed by atoms with E-state index in [1.165, 1.54) is 6.33 Å². The van der Waals surface area contributed by atoms with Crippen LogP contribution in [0.3, 0.4) is 0 Å². The van der Waals surface area contributed by atoms with Gasteiger partial charge in [0.05, 0.1) is 0 Å². The van der Waals surface area contributed by atoms with Crippen molar-refractivity contribution in [3.05, 3.63) is 77.5 Å². The van der Waals surface area contributed by atoms with Crippen LogP contribution in [0.2, 0.25) is 5.15 Å². The number of ether oxygens (including phenoxy) is 1. The summed E-state index contributed by atoms with van der Waals surface area (Å²) in [7, 11) is 0. The number of hydrogen-bond acceptors (Lipinski definition) is 7. The molecule has 1 fully saturated rings. The maximum atomic E-state index is 12.5. The van der Waals surface area contributed by atoms with Crippen molar-refractivity contribution in [3.63, 3.8) is 0 Å². The first-order valence-electron chi connectivity index (χ1n) is 10.4. The zero-order chi connectivity index (χ0) is 22.8. The SMILES string of the molecule is NC(=Nc1cc(Cl)ncn1)N1CCN(C=C2N=C(c3cccc4ccccc34)OC2=O)CC1. The highest BCUT2D eigenvalue weighted by Gasteiger charge is 2.27. The number of carbonyl (C=O) groups is 1. The third kappa shape index (κ3) is 4.49. The lowest BCUT2D eigenvalue weighted by Crippen LogP contribution is -2.49. The maximum Gasteiger partial charge on any atom is 0.365 e. The molecule has 1 aromatic heterocycles. The summed E-state index contributed by atoms with van der Waals surface area (Å²) in [5, 5.41) is 2.35. The molecule has 166 valence electrons. The zero-order valence-corrected chi connectivity index (χ0v) is 18.3. The molecule has 2 N–H and O–H groups in total. The summed E-state index contributed by atoms with van der Waals surface area (Å²) in [6.45, 7) is 2.56. The number of nitrogens with two attached hydrogens (primary N) is 1. The van der Waals surface area contributed by atoms with Crippen molar-refractivity contribution < 1.29 is 9.53 Å². The maximum absolute atomic E-state index is 12.5. The third-order valence-electron chi connectivity index (χ3n) is 5.43. The van der Waals surface area contributed by atoms with Crippen molar-refractivity contribution in [2.24, 2.45) is 15.7 Å². The van der Waals surface area contributed by atoms with Gasteiger partial charge in [-0.15, -0.1) is 0 Å². The summed E-state index contributed by atoms with van der Waals surface area (Å²) in [5.41, 5.74) is 7.21. The van der Waals surface area contributed by atoms with Gasteiger partial charge in [-0.3, -0.25) is 0 Å². The summed E-state index contributed by atoms with van der Waals surface area (Å²) in [6.07, 6.45) is 3.08. The first-order chi connectivity index (χ1) is 16.1. The van der Waals surface area contributed by atoms with Gasteiger partial charge >= 0.3 is 5.97 Å². The summed E-state index contributed by atoms with van der Waals surface area (Å²) < 4.78 is 5.49. The van der Waals surface area contributed by atoms with E-state index in [1.54, 1.807) is 12.3 Å². The second-order valence-electron chi connectivity index (χ2n) is 7.54. The highest BCUT2D eigenvalue weighted by atomic mass is 35.5. The van der Waals surface area contributed by atoms with E-state index < -0.39 is 5.97 Å². The van der Waals surface area contributed by atoms with E-state index in [0.717, 1.165) is 16.3 Å². The Labute approximate surface area is 194 Å². The summed E-state index contributed by atoms with van der Waals surface area (Å²) >= 11 is 5.87. The molecule has 0 saturated carbocycles. The molecule has 33 heavy (non-hydrogen) atoms. The number of aromatic nitrogens is 2. The average molecular weight is 462 g/mol. The lowest BCUT2D eigenvalue weighted by molar-refractivity contribution is -0.130. The molecule has 2 aromatic carbocycles. The predicted molar refractivity (Wildman–Crippen MR) is 126 cm³/mol. The average Bonchev–Trinajstić information content (AvgIpc) is 3.19. The van der Waals surface area contributed by atoms with E-state index in [4.69, 9.17) is 22.1 Å². The minimum Gasteiger partial charge on any atom is -0.402 e. The fraction of sp³-hybridized carbons (Fsp3) is 0.174. The molecule has 5 rings (SSSR count). The molecule has 0 radical (unpaired) electrons. The Hall–Kier alpha value is -3.98. The third-order valence-corrected chi connectivity index (χ3v) is 5.64. The Bertz CT molecular complexity index is 1310. The Morgan fingerprint density at radius 2 is 1.88 bits per heavy atom. The number of fused-ring (bicyclic) bond motifs is 1. The minimum atomic E-state index is -0.456. The lowest BCUT2D eigenvalue weighted by atomic mass is 10.0. The smallest absolute Gasteiger partial charge is 0.365 e. The van der Waals surface area contributed by atoms with Crippen LogP contribution < -0.4 is 5.73 Å². The number of nitrogens with zero attached hydrogens (tertiary/aromatic N) is 6. The summed E-state index contributed by atoms with van der Waals surface area (Å²) in [6, 6.07) is 15.3. The van der Waals surface area contributed by atoms with Crippen LogP contribution in [0.15, 0.2) is 76.7 Å². The molecule has 10 heteroatoms. The molecule has 0 bridgehead atoms. The number of esters is 1. The van der Waals surface area contributed by atoms with Crippen LogP contribution in [0.5, 0.6) is 0 Å². The summed E-state index contributed by atoms with van der Waals surface area (Å²) in [4.78, 5) is 33.1. The molecule has 0 unspecified atom stereocenters. The predicted octanol–water partition coefficient (Wildman–Crippen LogP) is 2.69. The number of cyclic esters (lactones) is 1. The van der Waals surface area contributed by atoms with Crippen molar-refractivity contribution in [2.75, 3.05) is 26.2 Å². The largest absolute Gasteiger partial charge is 0.402 e. The van der Waals surface area contributed by atoms with E-state index >= 15 is 0 Å². The number of benzene rings is 2. The topological polar surface area (TPSA) is 109 Å². The molecule has 2 aliphatic heterocycles. The van der Waals surface area contributed by atoms with Gasteiger partial charge < -0.3 is 20.3 Å². The molecule has 2 aliphatic rings. The van der Waals surface area contributed by atoms with Gasteiger partial charge in [0.1, 0.15) is 11.5 Å². The number of carbonyl (C=O) groups excluding carboxylic acids is 1. The molecular weight excluding hydrogens is 442 g/mol. The number of rotatable bonds is 3. The van der Waals surface area contributed by atoms with Gasteiger partial charge in [-0.1, -0.05) is 48.0 Å². The van der Waals surface area contributed by atoms with E-state index in [-0.39, 0.29) is 5.70 Å². The number of halogens is 1. The molecular formula is C23H20ClN7O2. The molecule has 0 spiro atoms. The normalized spacial score (nSPS) is 18.1. The Balaban J connectivity index is 1.28. The first-order valence-corrected chi connectivity index (χ1v) is 10.8. The number of aliphatic imine (C=N–C) groups is 2. The van der Waals surface area contributed by atoms with Crippen LogP contribution in [-0.4, -0.2) is 63.8 Å². The quantitative estimate of drug-likeness (QED) is 0.210. The van der Waals surface area contributed by atoms with Gasteiger partial charge in [-0.2, -0.15) is 4.99 Å². The van der Waals surface area contributed by atoms with Crippen molar-refractivity contribution in [1.82, 2.24) is 19.8 Å². The second-order valence-corrected chi connectivity index (χ2v) is 7.93. The Morgan fingerprint density at radius 1 is 1.09 bits per heavy atom. The van der Waals surface area contributed by atoms with Gasteiger partial charge in [0.15, 0.2) is 17.5 Å². The first kappa shape index (κ1) is 20.9. The molecule has 3 aromatic rings. The monoisotopic (exact) mass is 461 g/mol. The second kappa shape index (κ2) is 8.87. The van der Waals surface area contributed by atoms with Gasteiger partial charge in [-0.25, -0.2) is 19.8 Å².